The Bertz CT molecular complexity index is 1660. The SMILES string of the molecule is O=C(OCC1COC2(OC1COC(=O)C(F)(F)C(F)(F)C(F)(F)F)C1CC3CC2CC(OC(=O)C(F)(C(F)(F)F)S(=O)(=O)O)(C3)C1)C(F)(F)C(F)(F)C(F)(F)F. The topological polar surface area (TPSA) is 152 Å². The molecule has 1 saturated heterocycles. The highest BCUT2D eigenvalue weighted by Crippen LogP contribution is 2.64. The molecular formula is C26H22F18O11S. The van der Waals surface area contributed by atoms with Gasteiger partial charge in [-0.1, -0.05) is 0 Å². The van der Waals surface area contributed by atoms with Gasteiger partial charge in [0.15, 0.2) is 5.79 Å². The van der Waals surface area contributed by atoms with E-state index >= 15 is 0 Å². The number of carbonyl (C=O) groups is 3. The first kappa shape index (κ1) is 45.7. The lowest BCUT2D eigenvalue weighted by molar-refractivity contribution is -0.403. The van der Waals surface area contributed by atoms with Crippen molar-refractivity contribution in [3.63, 3.8) is 0 Å². The Morgan fingerprint density at radius 3 is 1.46 bits per heavy atom. The summed E-state index contributed by atoms with van der Waals surface area (Å²) in [6.45, 7) is -4.94. The molecule has 56 heavy (non-hydrogen) atoms. The zero-order valence-electron chi connectivity index (χ0n) is 26.8. The van der Waals surface area contributed by atoms with E-state index < -0.39 is 155 Å². The maximum atomic E-state index is 14.8. The molecule has 1 aliphatic heterocycles. The molecule has 5 rings (SSSR count). The molecule has 4 bridgehead atoms. The van der Waals surface area contributed by atoms with Crippen molar-refractivity contribution in [3.8, 4) is 0 Å². The lowest BCUT2D eigenvalue weighted by atomic mass is 9.51. The Labute approximate surface area is 299 Å². The first-order valence-electron chi connectivity index (χ1n) is 15.1. The molecular weight excluding hydrogens is 862 g/mol. The van der Waals surface area contributed by atoms with Gasteiger partial charge in [-0.25, -0.2) is 18.8 Å². The zero-order valence-corrected chi connectivity index (χ0v) is 27.6. The third-order valence-electron chi connectivity index (χ3n) is 9.77. The minimum absolute atomic E-state index is 0.186. The molecule has 4 saturated carbocycles. The second-order valence-corrected chi connectivity index (χ2v) is 14.9. The van der Waals surface area contributed by atoms with Crippen LogP contribution >= 0.6 is 0 Å². The molecule has 5 fully saturated rings. The number of alkyl halides is 18. The average molecular weight is 884 g/mol. The molecule has 0 radical (unpaired) electrons. The van der Waals surface area contributed by atoms with E-state index in [1.807, 2.05) is 0 Å². The Hall–Kier alpha value is -3.02. The number of hydrogen-bond acceptors (Lipinski definition) is 10. The van der Waals surface area contributed by atoms with Crippen molar-refractivity contribution in [2.45, 2.75) is 96.8 Å². The zero-order chi connectivity index (χ0) is 43.3. The van der Waals surface area contributed by atoms with Crippen LogP contribution in [0.25, 0.3) is 0 Å². The van der Waals surface area contributed by atoms with Crippen molar-refractivity contribution >= 4 is 28.0 Å². The van der Waals surface area contributed by atoms with E-state index in [-0.39, 0.29) is 12.8 Å². The smallest absolute Gasteiger partial charge is 0.460 e. The van der Waals surface area contributed by atoms with Crippen LogP contribution in [0.1, 0.15) is 32.1 Å². The van der Waals surface area contributed by atoms with E-state index in [9.17, 15) is 102 Å². The maximum Gasteiger partial charge on any atom is 0.460 e. The van der Waals surface area contributed by atoms with Crippen molar-refractivity contribution in [2.75, 3.05) is 19.8 Å². The Morgan fingerprint density at radius 1 is 0.643 bits per heavy atom. The van der Waals surface area contributed by atoms with Gasteiger partial charge in [0.25, 0.3) is 0 Å². The third-order valence-corrected chi connectivity index (χ3v) is 10.9. The van der Waals surface area contributed by atoms with E-state index in [4.69, 9.17) is 18.8 Å². The number of ether oxygens (including phenoxy) is 5. The molecule has 1 heterocycles. The fourth-order valence-corrected chi connectivity index (χ4v) is 7.75. The summed E-state index contributed by atoms with van der Waals surface area (Å²) in [4.78, 5) is 36.0. The van der Waals surface area contributed by atoms with Crippen LogP contribution in [0.15, 0.2) is 0 Å². The highest BCUT2D eigenvalue weighted by Gasteiger charge is 2.79. The molecule has 11 nitrogen and oxygen atoms in total. The number of esters is 3. The number of hydrogen-bond donors (Lipinski definition) is 1. The molecule has 5 aliphatic rings. The third kappa shape index (κ3) is 7.09. The maximum absolute atomic E-state index is 14.8. The molecule has 30 heteroatoms. The van der Waals surface area contributed by atoms with Crippen LogP contribution in [0.2, 0.25) is 0 Å². The van der Waals surface area contributed by atoms with Gasteiger partial charge >= 0.3 is 75.2 Å². The van der Waals surface area contributed by atoms with Gasteiger partial charge in [0.2, 0.25) is 0 Å². The van der Waals surface area contributed by atoms with Crippen LogP contribution < -0.4 is 0 Å². The average Bonchev–Trinajstić information content (AvgIpc) is 3.02. The summed E-state index contributed by atoms with van der Waals surface area (Å²) in [6.07, 6.45) is -25.5. The number of carbonyl (C=O) groups excluding carboxylic acids is 3. The largest absolute Gasteiger partial charge is 0.461 e. The van der Waals surface area contributed by atoms with Gasteiger partial charge in [-0.2, -0.15) is 83.1 Å². The molecule has 5 unspecified atom stereocenters. The van der Waals surface area contributed by atoms with Gasteiger partial charge < -0.3 is 23.7 Å². The Morgan fingerprint density at radius 2 is 1.07 bits per heavy atom. The molecule has 0 aromatic rings. The summed E-state index contributed by atoms with van der Waals surface area (Å²) in [5.74, 6) is -45.8. The van der Waals surface area contributed by atoms with E-state index in [0.717, 1.165) is 0 Å². The van der Waals surface area contributed by atoms with E-state index in [1.54, 1.807) is 0 Å². The predicted octanol–water partition coefficient (Wildman–Crippen LogP) is 5.70. The van der Waals surface area contributed by atoms with Crippen molar-refractivity contribution < 1.29 is 130 Å². The summed E-state index contributed by atoms with van der Waals surface area (Å²) in [7, 11) is -6.92. The van der Waals surface area contributed by atoms with Gasteiger partial charge in [0, 0.05) is 17.8 Å². The summed E-state index contributed by atoms with van der Waals surface area (Å²) in [6, 6.07) is 0. The standard InChI is InChI=1S/C26H22F18O11S/c27-19(28,22(32,33)25(39,40)41)14(45)51-6-10-7-53-18(54-13(10)8-52-15(46)20(29,30)23(34,35)26(42,43)44)11-1-9-2-12(18)5-17(3-9,4-11)55-16(47)21(31,24(36,37)38)56(48,49)50/h9-13H,1-8H2,(H,48,49,50). The first-order chi connectivity index (χ1) is 24.8. The Balaban J connectivity index is 1.63. The summed E-state index contributed by atoms with van der Waals surface area (Å²) in [5.41, 5.74) is -2.21. The van der Waals surface area contributed by atoms with Crippen LogP contribution in [0.5, 0.6) is 0 Å². The monoisotopic (exact) mass is 884 g/mol. The normalized spacial score (nSPS) is 31.5. The number of halogens is 18. The number of rotatable bonds is 11. The lowest BCUT2D eigenvalue weighted by Crippen LogP contribution is -2.70. The molecule has 4 aliphatic carbocycles. The molecule has 1 N–H and O–H groups in total. The van der Waals surface area contributed by atoms with Crippen LogP contribution in [-0.2, 0) is 48.2 Å². The first-order valence-corrected chi connectivity index (χ1v) is 16.6. The van der Waals surface area contributed by atoms with E-state index in [2.05, 4.69) is 9.47 Å². The molecule has 0 amide bonds. The molecule has 0 aromatic heterocycles. The second kappa shape index (κ2) is 13.5. The molecule has 324 valence electrons. The minimum Gasteiger partial charge on any atom is -0.461 e. The second-order valence-electron chi connectivity index (χ2n) is 13.4. The summed E-state index contributed by atoms with van der Waals surface area (Å²) in [5, 5.41) is -6.02. The van der Waals surface area contributed by atoms with Crippen LogP contribution in [-0.4, -0.2) is 115 Å². The summed E-state index contributed by atoms with van der Waals surface area (Å²) < 4.78 is 295. The highest BCUT2D eigenvalue weighted by atomic mass is 32.2. The Kier molecular flexibility index (Phi) is 11.0. The van der Waals surface area contributed by atoms with Gasteiger partial charge in [-0.15, -0.1) is 0 Å². The van der Waals surface area contributed by atoms with Crippen molar-refractivity contribution in [1.82, 2.24) is 0 Å². The van der Waals surface area contributed by atoms with E-state index in [0.29, 0.717) is 0 Å². The van der Waals surface area contributed by atoms with E-state index in [1.165, 1.54) is 0 Å². The molecule has 0 aromatic carbocycles. The fraction of sp³-hybridized carbons (Fsp3) is 0.885. The minimum atomic E-state index is -7.11. The van der Waals surface area contributed by atoms with Crippen molar-refractivity contribution in [3.05, 3.63) is 0 Å². The quantitative estimate of drug-likeness (QED) is 0.118. The van der Waals surface area contributed by atoms with Crippen LogP contribution in [0.4, 0.5) is 79.0 Å². The van der Waals surface area contributed by atoms with Gasteiger partial charge in [-0.3, -0.25) is 4.55 Å². The van der Waals surface area contributed by atoms with Crippen molar-refractivity contribution in [1.29, 1.82) is 0 Å². The summed E-state index contributed by atoms with van der Waals surface area (Å²) >= 11 is 0. The molecule has 5 atom stereocenters. The van der Waals surface area contributed by atoms with Crippen LogP contribution in [0.3, 0.4) is 0 Å². The van der Waals surface area contributed by atoms with Crippen molar-refractivity contribution in [2.24, 2.45) is 23.7 Å². The predicted molar refractivity (Wildman–Crippen MR) is 135 cm³/mol. The highest BCUT2D eigenvalue weighted by molar-refractivity contribution is 7.88. The van der Waals surface area contributed by atoms with Gasteiger partial charge in [0.05, 0.1) is 13.2 Å². The fourth-order valence-electron chi connectivity index (χ4n) is 7.21. The van der Waals surface area contributed by atoms with Gasteiger partial charge in [0.1, 0.15) is 18.3 Å². The lowest BCUT2D eigenvalue weighted by Gasteiger charge is -2.65. The molecule has 1 spiro atoms. The van der Waals surface area contributed by atoms with Crippen LogP contribution in [0, 0.1) is 23.7 Å². The van der Waals surface area contributed by atoms with Gasteiger partial charge in [-0.05, 0) is 38.0 Å².